The minimum atomic E-state index is -1.06. The van der Waals surface area contributed by atoms with Gasteiger partial charge < -0.3 is 10.3 Å². The monoisotopic (exact) mass is 361 g/mol. The minimum Gasteiger partial charge on any atom is -0.368 e. The standard InChI is InChI=1S/C13H14BrClFN3O/c1-6(15)11-18-9-4-7(14)8(16)5-10(9)19(11)13(2,3)12(17)20/h4-6H,1-3H3,(H2,17,20). The number of imidazole rings is 1. The van der Waals surface area contributed by atoms with Crippen molar-refractivity contribution in [2.24, 2.45) is 5.73 Å². The van der Waals surface area contributed by atoms with Gasteiger partial charge >= 0.3 is 0 Å². The van der Waals surface area contributed by atoms with Crippen LogP contribution in [0.3, 0.4) is 0 Å². The lowest BCUT2D eigenvalue weighted by Crippen LogP contribution is -2.42. The molecule has 20 heavy (non-hydrogen) atoms. The number of hydrogen-bond donors (Lipinski definition) is 1. The van der Waals surface area contributed by atoms with Crippen molar-refractivity contribution in [2.75, 3.05) is 0 Å². The number of carbonyl (C=O) groups excluding carboxylic acids is 1. The average molecular weight is 363 g/mol. The predicted molar refractivity (Wildman–Crippen MR) is 80.2 cm³/mol. The van der Waals surface area contributed by atoms with Crippen LogP contribution in [0.15, 0.2) is 16.6 Å². The molecule has 7 heteroatoms. The van der Waals surface area contributed by atoms with Crippen LogP contribution >= 0.6 is 27.5 Å². The lowest BCUT2D eigenvalue weighted by molar-refractivity contribution is -0.125. The van der Waals surface area contributed by atoms with E-state index in [-0.39, 0.29) is 0 Å². The van der Waals surface area contributed by atoms with Gasteiger partial charge in [0.1, 0.15) is 17.2 Å². The second-order valence-electron chi connectivity index (χ2n) is 5.10. The first-order valence-corrected chi connectivity index (χ1v) is 7.21. The van der Waals surface area contributed by atoms with Crippen molar-refractivity contribution in [3.63, 3.8) is 0 Å². The molecule has 1 atom stereocenters. The van der Waals surface area contributed by atoms with E-state index in [4.69, 9.17) is 17.3 Å². The normalized spacial score (nSPS) is 13.7. The zero-order chi connectivity index (χ0) is 15.2. The SMILES string of the molecule is CC(Cl)c1nc2cc(Br)c(F)cc2n1C(C)(C)C(N)=O. The molecule has 0 aliphatic heterocycles. The molecular weight excluding hydrogens is 349 g/mol. The number of hydrogen-bond acceptors (Lipinski definition) is 2. The quantitative estimate of drug-likeness (QED) is 0.850. The van der Waals surface area contributed by atoms with Gasteiger partial charge in [-0.1, -0.05) is 0 Å². The number of aromatic nitrogens is 2. The molecule has 0 radical (unpaired) electrons. The topological polar surface area (TPSA) is 60.9 Å². The Bertz CT molecular complexity index is 696. The van der Waals surface area contributed by atoms with Crippen LogP contribution in [0.5, 0.6) is 0 Å². The number of primary amides is 1. The molecule has 0 saturated carbocycles. The number of carbonyl (C=O) groups is 1. The Hall–Kier alpha value is -1.14. The van der Waals surface area contributed by atoms with Crippen LogP contribution < -0.4 is 5.73 Å². The van der Waals surface area contributed by atoms with Crippen molar-refractivity contribution in [3.8, 4) is 0 Å². The van der Waals surface area contributed by atoms with Crippen LogP contribution in [0.25, 0.3) is 11.0 Å². The zero-order valence-electron chi connectivity index (χ0n) is 11.2. The van der Waals surface area contributed by atoms with Crippen molar-refractivity contribution in [1.82, 2.24) is 9.55 Å². The van der Waals surface area contributed by atoms with E-state index in [1.54, 1.807) is 31.4 Å². The molecule has 0 aliphatic carbocycles. The van der Waals surface area contributed by atoms with Gasteiger partial charge in [0, 0.05) is 6.07 Å². The van der Waals surface area contributed by atoms with Crippen molar-refractivity contribution >= 4 is 44.5 Å². The number of rotatable bonds is 3. The molecule has 2 rings (SSSR count). The van der Waals surface area contributed by atoms with E-state index in [0.29, 0.717) is 21.3 Å². The highest BCUT2D eigenvalue weighted by atomic mass is 79.9. The lowest BCUT2D eigenvalue weighted by Gasteiger charge is -2.26. The summed E-state index contributed by atoms with van der Waals surface area (Å²) in [5, 5.41) is -0.442. The van der Waals surface area contributed by atoms with Gasteiger partial charge in [-0.05, 0) is 42.8 Å². The molecule has 4 nitrogen and oxygen atoms in total. The smallest absolute Gasteiger partial charge is 0.243 e. The number of benzene rings is 1. The highest BCUT2D eigenvalue weighted by molar-refractivity contribution is 9.10. The second-order valence-corrected chi connectivity index (χ2v) is 6.61. The third-order valence-corrected chi connectivity index (χ3v) is 4.04. The van der Waals surface area contributed by atoms with Crippen molar-refractivity contribution in [3.05, 3.63) is 28.2 Å². The van der Waals surface area contributed by atoms with Gasteiger partial charge in [0.15, 0.2) is 0 Å². The van der Waals surface area contributed by atoms with Gasteiger partial charge in [-0.15, -0.1) is 11.6 Å². The first-order chi connectivity index (χ1) is 9.16. The molecule has 0 aliphatic rings. The number of amides is 1. The zero-order valence-corrected chi connectivity index (χ0v) is 13.6. The molecule has 1 aromatic carbocycles. The molecular formula is C13H14BrClFN3O. The summed E-state index contributed by atoms with van der Waals surface area (Å²) < 4.78 is 15.7. The van der Waals surface area contributed by atoms with Gasteiger partial charge in [-0.3, -0.25) is 4.79 Å². The summed E-state index contributed by atoms with van der Waals surface area (Å²) in [5.41, 5.74) is 5.43. The number of nitrogens with zero attached hydrogens (tertiary/aromatic N) is 2. The third-order valence-electron chi connectivity index (χ3n) is 3.24. The molecule has 0 spiro atoms. The molecule has 1 heterocycles. The summed E-state index contributed by atoms with van der Waals surface area (Å²) in [6, 6.07) is 2.88. The Labute approximate surface area is 129 Å². The summed E-state index contributed by atoms with van der Waals surface area (Å²) in [5.74, 6) is -0.505. The summed E-state index contributed by atoms with van der Waals surface area (Å²) in [4.78, 5) is 16.1. The fraction of sp³-hybridized carbons (Fsp3) is 0.385. The second kappa shape index (κ2) is 5.00. The van der Waals surface area contributed by atoms with Gasteiger partial charge in [-0.25, -0.2) is 9.37 Å². The maximum absolute atomic E-state index is 13.8. The predicted octanol–water partition coefficient (Wildman–Crippen LogP) is 3.46. The maximum atomic E-state index is 13.8. The van der Waals surface area contributed by atoms with Crippen molar-refractivity contribution in [1.29, 1.82) is 0 Å². The Kier molecular flexibility index (Phi) is 3.81. The van der Waals surface area contributed by atoms with E-state index >= 15 is 0 Å². The Balaban J connectivity index is 2.89. The van der Waals surface area contributed by atoms with Crippen molar-refractivity contribution in [2.45, 2.75) is 31.7 Å². The molecule has 108 valence electrons. The Morgan fingerprint density at radius 3 is 2.65 bits per heavy atom. The average Bonchev–Trinajstić information content (AvgIpc) is 2.68. The Morgan fingerprint density at radius 1 is 1.55 bits per heavy atom. The van der Waals surface area contributed by atoms with E-state index in [1.165, 1.54) is 6.07 Å². The Morgan fingerprint density at radius 2 is 2.15 bits per heavy atom. The van der Waals surface area contributed by atoms with Gasteiger partial charge in [0.2, 0.25) is 5.91 Å². The molecule has 0 bridgehead atoms. The van der Waals surface area contributed by atoms with Gasteiger partial charge in [0.25, 0.3) is 0 Å². The number of alkyl halides is 1. The molecule has 2 aromatic rings. The van der Waals surface area contributed by atoms with Crippen LogP contribution in [0, 0.1) is 5.82 Å². The molecule has 1 unspecified atom stereocenters. The first kappa shape index (κ1) is 15.3. The van der Waals surface area contributed by atoms with Crippen LogP contribution in [0.1, 0.15) is 32.0 Å². The van der Waals surface area contributed by atoms with Gasteiger partial charge in [-0.2, -0.15) is 0 Å². The van der Waals surface area contributed by atoms with Crippen molar-refractivity contribution < 1.29 is 9.18 Å². The third kappa shape index (κ3) is 2.31. The van der Waals surface area contributed by atoms with Crippen LogP contribution in [0.2, 0.25) is 0 Å². The summed E-state index contributed by atoms with van der Waals surface area (Å²) in [6.45, 7) is 5.04. The lowest BCUT2D eigenvalue weighted by atomic mass is 10.0. The minimum absolute atomic E-state index is 0.306. The largest absolute Gasteiger partial charge is 0.368 e. The van der Waals surface area contributed by atoms with E-state index in [9.17, 15) is 9.18 Å². The molecule has 1 aromatic heterocycles. The van der Waals surface area contributed by atoms with E-state index in [2.05, 4.69) is 20.9 Å². The summed E-state index contributed by atoms with van der Waals surface area (Å²) >= 11 is 9.25. The van der Waals surface area contributed by atoms with Gasteiger partial charge in [0.05, 0.1) is 20.9 Å². The number of nitrogens with two attached hydrogens (primary N) is 1. The van der Waals surface area contributed by atoms with E-state index in [1.807, 2.05) is 0 Å². The molecule has 2 N–H and O–H groups in total. The number of fused-ring (bicyclic) bond motifs is 1. The fourth-order valence-corrected chi connectivity index (χ4v) is 2.53. The molecule has 1 amide bonds. The fourth-order valence-electron chi connectivity index (χ4n) is 2.06. The molecule has 0 fully saturated rings. The van der Waals surface area contributed by atoms with E-state index in [0.717, 1.165) is 0 Å². The van der Waals surface area contributed by atoms with Crippen LogP contribution in [-0.4, -0.2) is 15.5 Å². The van der Waals surface area contributed by atoms with E-state index < -0.39 is 22.6 Å². The number of halogens is 3. The van der Waals surface area contributed by atoms with Crippen LogP contribution in [-0.2, 0) is 10.3 Å². The maximum Gasteiger partial charge on any atom is 0.243 e. The highest BCUT2D eigenvalue weighted by Crippen LogP contribution is 2.33. The summed E-state index contributed by atoms with van der Waals surface area (Å²) in [6.07, 6.45) is 0. The summed E-state index contributed by atoms with van der Waals surface area (Å²) in [7, 11) is 0. The van der Waals surface area contributed by atoms with Crippen LogP contribution in [0.4, 0.5) is 4.39 Å². The highest BCUT2D eigenvalue weighted by Gasteiger charge is 2.33. The first-order valence-electron chi connectivity index (χ1n) is 5.98. The molecule has 0 saturated heterocycles.